The molecular formula is C19H13F5N4. The highest BCUT2D eigenvalue weighted by molar-refractivity contribution is 5.93. The number of nitrogens with zero attached hydrogens (tertiary/aromatic N) is 1. The number of hydrogen-bond donors (Lipinski definition) is 3. The molecule has 2 aromatic heterocycles. The third-order valence-electron chi connectivity index (χ3n) is 4.28. The summed E-state index contributed by atoms with van der Waals surface area (Å²) in [4.78, 5) is 10.0. The van der Waals surface area contributed by atoms with Crippen molar-refractivity contribution in [1.29, 1.82) is 0 Å². The zero-order valence-corrected chi connectivity index (χ0v) is 14.2. The summed E-state index contributed by atoms with van der Waals surface area (Å²) in [6.07, 6.45) is -0.900. The van der Waals surface area contributed by atoms with Crippen LogP contribution in [0.2, 0.25) is 0 Å². The molecule has 144 valence electrons. The van der Waals surface area contributed by atoms with Crippen LogP contribution in [0.15, 0.2) is 48.8 Å². The van der Waals surface area contributed by atoms with Crippen molar-refractivity contribution in [3.8, 4) is 0 Å². The number of aromatic amines is 2. The summed E-state index contributed by atoms with van der Waals surface area (Å²) in [6.45, 7) is 0. The average molecular weight is 392 g/mol. The molecule has 0 aliphatic heterocycles. The van der Waals surface area contributed by atoms with Gasteiger partial charge in [-0.3, -0.25) is 0 Å². The van der Waals surface area contributed by atoms with Crippen molar-refractivity contribution >= 4 is 22.5 Å². The molecule has 2 aromatic carbocycles. The third kappa shape index (κ3) is 3.55. The van der Waals surface area contributed by atoms with Gasteiger partial charge in [0.2, 0.25) is 5.95 Å². The molecule has 0 fully saturated rings. The molecule has 4 rings (SSSR count). The molecule has 4 aromatic rings. The van der Waals surface area contributed by atoms with E-state index < -0.39 is 23.4 Å². The number of fused-ring (bicyclic) bond motifs is 1. The van der Waals surface area contributed by atoms with E-state index in [9.17, 15) is 22.0 Å². The van der Waals surface area contributed by atoms with E-state index in [-0.39, 0.29) is 0 Å². The maximum atomic E-state index is 13.5. The predicted octanol–water partition coefficient (Wildman–Crippen LogP) is 5.52. The molecule has 4 nitrogen and oxygen atoms in total. The van der Waals surface area contributed by atoms with Gasteiger partial charge in [-0.15, -0.1) is 0 Å². The van der Waals surface area contributed by atoms with Crippen molar-refractivity contribution in [2.75, 3.05) is 5.32 Å². The number of imidazole rings is 1. The minimum absolute atomic E-state index is 0.362. The molecule has 0 atom stereocenters. The van der Waals surface area contributed by atoms with Crippen LogP contribution >= 0.6 is 0 Å². The molecule has 0 spiro atoms. The van der Waals surface area contributed by atoms with E-state index in [4.69, 9.17) is 0 Å². The standard InChI is InChI=1S/C19H13F5N4/c20-14-6-13-16(7-15(14)21)25-9-17(13)28-18-26-8-12(27-18)5-10-1-3-11(4-2-10)19(22,23)24/h1-4,6-9,25H,5H2,(H2,26,27,28). The first kappa shape index (κ1) is 18.0. The van der Waals surface area contributed by atoms with Gasteiger partial charge in [-0.25, -0.2) is 13.8 Å². The summed E-state index contributed by atoms with van der Waals surface area (Å²) in [5, 5.41) is 3.43. The number of benzene rings is 2. The Morgan fingerprint density at radius 1 is 1.00 bits per heavy atom. The van der Waals surface area contributed by atoms with Crippen LogP contribution in [-0.2, 0) is 12.6 Å². The minimum Gasteiger partial charge on any atom is -0.359 e. The number of alkyl halides is 3. The number of halogens is 5. The van der Waals surface area contributed by atoms with Crippen LogP contribution in [0, 0.1) is 11.6 Å². The lowest BCUT2D eigenvalue weighted by molar-refractivity contribution is -0.137. The molecule has 9 heteroatoms. The smallest absolute Gasteiger partial charge is 0.359 e. The minimum atomic E-state index is -4.37. The van der Waals surface area contributed by atoms with Crippen molar-refractivity contribution < 1.29 is 22.0 Å². The Labute approximate surface area is 155 Å². The highest BCUT2D eigenvalue weighted by atomic mass is 19.4. The van der Waals surface area contributed by atoms with Crippen molar-refractivity contribution in [2.45, 2.75) is 12.6 Å². The summed E-state index contributed by atoms with van der Waals surface area (Å²) in [6, 6.07) is 7.03. The monoisotopic (exact) mass is 392 g/mol. The number of rotatable bonds is 4. The number of nitrogens with one attached hydrogen (secondary N) is 3. The Morgan fingerprint density at radius 2 is 1.71 bits per heavy atom. The van der Waals surface area contributed by atoms with E-state index in [1.165, 1.54) is 12.1 Å². The van der Waals surface area contributed by atoms with Gasteiger partial charge in [-0.1, -0.05) is 12.1 Å². The fourth-order valence-electron chi connectivity index (χ4n) is 2.89. The first-order chi connectivity index (χ1) is 13.3. The summed E-state index contributed by atoms with van der Waals surface area (Å²) in [5.74, 6) is -1.54. The van der Waals surface area contributed by atoms with Gasteiger partial charge in [-0.2, -0.15) is 13.2 Å². The van der Waals surface area contributed by atoms with Crippen molar-refractivity contribution in [3.63, 3.8) is 0 Å². The Bertz CT molecular complexity index is 1130. The number of H-pyrrole nitrogens is 2. The zero-order valence-electron chi connectivity index (χ0n) is 14.2. The number of aromatic nitrogens is 3. The highest BCUT2D eigenvalue weighted by Crippen LogP contribution is 2.30. The van der Waals surface area contributed by atoms with Crippen LogP contribution in [0.4, 0.5) is 33.6 Å². The Morgan fingerprint density at radius 3 is 2.43 bits per heavy atom. The third-order valence-corrected chi connectivity index (χ3v) is 4.28. The summed E-state index contributed by atoms with van der Waals surface area (Å²) in [7, 11) is 0. The second-order valence-corrected chi connectivity index (χ2v) is 6.27. The molecule has 2 heterocycles. The molecule has 0 amide bonds. The lowest BCUT2D eigenvalue weighted by atomic mass is 10.1. The maximum Gasteiger partial charge on any atom is 0.416 e. The lowest BCUT2D eigenvalue weighted by Gasteiger charge is -2.07. The number of anilines is 2. The van der Waals surface area contributed by atoms with Gasteiger partial charge in [0.15, 0.2) is 11.6 Å². The first-order valence-corrected chi connectivity index (χ1v) is 8.23. The fraction of sp³-hybridized carbons (Fsp3) is 0.105. The normalized spacial score (nSPS) is 11.9. The van der Waals surface area contributed by atoms with Crippen LogP contribution in [0.1, 0.15) is 16.8 Å². The van der Waals surface area contributed by atoms with Crippen LogP contribution in [0.5, 0.6) is 0 Å². The number of hydrogen-bond acceptors (Lipinski definition) is 2. The molecule has 0 aliphatic rings. The second kappa shape index (κ2) is 6.66. The molecule has 0 aliphatic carbocycles. The maximum absolute atomic E-state index is 13.5. The average Bonchev–Trinajstić information content (AvgIpc) is 3.23. The van der Waals surface area contributed by atoms with Crippen LogP contribution in [0.3, 0.4) is 0 Å². The van der Waals surface area contributed by atoms with E-state index in [2.05, 4.69) is 20.3 Å². The van der Waals surface area contributed by atoms with Crippen LogP contribution in [-0.4, -0.2) is 15.0 Å². The molecule has 0 saturated heterocycles. The summed E-state index contributed by atoms with van der Waals surface area (Å²) < 4.78 is 64.6. The largest absolute Gasteiger partial charge is 0.416 e. The summed E-state index contributed by atoms with van der Waals surface area (Å²) in [5.41, 5.74) is 1.60. The van der Waals surface area contributed by atoms with Crippen molar-refractivity contribution in [1.82, 2.24) is 15.0 Å². The topological polar surface area (TPSA) is 56.5 Å². The molecule has 3 N–H and O–H groups in total. The molecule has 0 saturated carbocycles. The quantitative estimate of drug-likeness (QED) is 0.401. The van der Waals surface area contributed by atoms with Gasteiger partial charge >= 0.3 is 6.18 Å². The predicted molar refractivity (Wildman–Crippen MR) is 94.3 cm³/mol. The van der Waals surface area contributed by atoms with Crippen LogP contribution in [0.25, 0.3) is 10.9 Å². The Kier molecular flexibility index (Phi) is 4.29. The fourth-order valence-corrected chi connectivity index (χ4v) is 2.89. The SMILES string of the molecule is Fc1cc2[nH]cc(Nc3ncc(Cc4ccc(C(F)(F)F)cc4)[nH]3)c2cc1F. The van der Waals surface area contributed by atoms with Gasteiger partial charge < -0.3 is 15.3 Å². The van der Waals surface area contributed by atoms with E-state index in [1.807, 2.05) is 0 Å². The van der Waals surface area contributed by atoms with Gasteiger partial charge in [0.1, 0.15) is 0 Å². The Hall–Kier alpha value is -3.36. The molecule has 28 heavy (non-hydrogen) atoms. The van der Waals surface area contributed by atoms with E-state index in [0.717, 1.165) is 24.3 Å². The van der Waals surface area contributed by atoms with E-state index >= 15 is 0 Å². The first-order valence-electron chi connectivity index (χ1n) is 8.23. The molecule has 0 bridgehead atoms. The van der Waals surface area contributed by atoms with Crippen molar-refractivity contribution in [3.05, 3.63) is 77.2 Å². The van der Waals surface area contributed by atoms with Gasteiger partial charge in [0.05, 0.1) is 23.0 Å². The van der Waals surface area contributed by atoms with Crippen LogP contribution < -0.4 is 5.32 Å². The van der Waals surface area contributed by atoms with E-state index in [1.54, 1.807) is 12.4 Å². The Balaban J connectivity index is 1.50. The van der Waals surface area contributed by atoms with E-state index in [0.29, 0.717) is 40.2 Å². The van der Waals surface area contributed by atoms with Gasteiger partial charge in [0, 0.05) is 29.8 Å². The second-order valence-electron chi connectivity index (χ2n) is 6.27. The highest BCUT2D eigenvalue weighted by Gasteiger charge is 2.29. The molecule has 0 radical (unpaired) electrons. The zero-order chi connectivity index (χ0) is 19.9. The van der Waals surface area contributed by atoms with Gasteiger partial charge in [-0.05, 0) is 23.8 Å². The van der Waals surface area contributed by atoms with Crippen molar-refractivity contribution in [2.24, 2.45) is 0 Å². The molecule has 0 unspecified atom stereocenters. The summed E-state index contributed by atoms with van der Waals surface area (Å²) >= 11 is 0. The lowest BCUT2D eigenvalue weighted by Crippen LogP contribution is -2.04. The molecular weight excluding hydrogens is 379 g/mol. The van der Waals surface area contributed by atoms with Gasteiger partial charge in [0.25, 0.3) is 0 Å².